The topological polar surface area (TPSA) is 65.2 Å². The maximum Gasteiger partial charge on any atom is 0.422 e. The largest absolute Gasteiger partial charge is 0.482 e. The van der Waals surface area contributed by atoms with Crippen LogP contribution < -0.4 is 10.5 Å². The number of halogens is 3. The number of alkyl halides is 3. The van der Waals surface area contributed by atoms with Crippen LogP contribution in [0.5, 0.6) is 5.75 Å². The van der Waals surface area contributed by atoms with Gasteiger partial charge in [0.1, 0.15) is 11.4 Å². The summed E-state index contributed by atoms with van der Waals surface area (Å²) in [7, 11) is 0. The van der Waals surface area contributed by atoms with Gasteiger partial charge < -0.3 is 10.5 Å². The van der Waals surface area contributed by atoms with E-state index >= 15 is 0 Å². The molecule has 0 saturated heterocycles. The molecule has 1 heterocycles. The summed E-state index contributed by atoms with van der Waals surface area (Å²) in [6, 6.07) is 1.28. The predicted molar refractivity (Wildman–Crippen MR) is 49.0 cm³/mol. The van der Waals surface area contributed by atoms with Crippen molar-refractivity contribution in [1.29, 1.82) is 0 Å². The van der Waals surface area contributed by atoms with Crippen LogP contribution in [0.1, 0.15) is 16.1 Å². The van der Waals surface area contributed by atoms with Crippen LogP contribution in [0.4, 0.5) is 13.2 Å². The van der Waals surface area contributed by atoms with Gasteiger partial charge in [-0.05, 0) is 18.6 Å². The van der Waals surface area contributed by atoms with Crippen molar-refractivity contribution in [2.24, 2.45) is 5.73 Å². The highest BCUT2D eigenvalue weighted by Gasteiger charge is 2.28. The number of carbonyl (C=O) groups is 1. The maximum absolute atomic E-state index is 11.8. The summed E-state index contributed by atoms with van der Waals surface area (Å²) >= 11 is 0. The smallest absolute Gasteiger partial charge is 0.422 e. The molecule has 0 atom stereocenters. The van der Waals surface area contributed by atoms with Gasteiger partial charge in [0.15, 0.2) is 6.61 Å². The lowest BCUT2D eigenvalue weighted by Crippen LogP contribution is -2.20. The Balaban J connectivity index is 2.78. The van der Waals surface area contributed by atoms with Gasteiger partial charge in [0.2, 0.25) is 0 Å². The van der Waals surface area contributed by atoms with E-state index in [4.69, 9.17) is 5.73 Å². The van der Waals surface area contributed by atoms with Crippen LogP contribution in [0.15, 0.2) is 12.3 Å². The Bertz CT molecular complexity index is 404. The van der Waals surface area contributed by atoms with Crippen molar-refractivity contribution in [3.63, 3.8) is 0 Å². The molecule has 88 valence electrons. The molecule has 16 heavy (non-hydrogen) atoms. The van der Waals surface area contributed by atoms with Crippen LogP contribution in [0, 0.1) is 6.92 Å². The molecule has 1 amide bonds. The molecule has 1 rings (SSSR count). The predicted octanol–water partition coefficient (Wildman–Crippen LogP) is 1.43. The fourth-order valence-electron chi connectivity index (χ4n) is 1.05. The third kappa shape index (κ3) is 3.41. The number of amides is 1. The van der Waals surface area contributed by atoms with Gasteiger partial charge in [-0.1, -0.05) is 0 Å². The fourth-order valence-corrected chi connectivity index (χ4v) is 1.05. The molecule has 0 aliphatic carbocycles. The van der Waals surface area contributed by atoms with Crippen LogP contribution in [0.25, 0.3) is 0 Å². The highest BCUT2D eigenvalue weighted by atomic mass is 19.4. The molecule has 0 aliphatic rings. The van der Waals surface area contributed by atoms with Gasteiger partial charge in [0.25, 0.3) is 5.91 Å². The molecule has 0 radical (unpaired) electrons. The van der Waals surface area contributed by atoms with Crippen molar-refractivity contribution in [3.05, 3.63) is 23.5 Å². The Kier molecular flexibility index (Phi) is 3.36. The lowest BCUT2D eigenvalue weighted by atomic mass is 10.2. The Morgan fingerprint density at radius 3 is 2.62 bits per heavy atom. The summed E-state index contributed by atoms with van der Waals surface area (Å²) in [6.07, 6.45) is -3.38. The normalized spacial score (nSPS) is 11.2. The number of ether oxygens (including phenoxy) is 1. The maximum atomic E-state index is 11.8. The summed E-state index contributed by atoms with van der Waals surface area (Å²) < 4.78 is 39.9. The molecule has 7 heteroatoms. The molecule has 0 bridgehead atoms. The van der Waals surface area contributed by atoms with Gasteiger partial charge in [-0.3, -0.25) is 4.79 Å². The van der Waals surface area contributed by atoms with Gasteiger partial charge in [0.05, 0.1) is 6.20 Å². The average Bonchev–Trinajstić information content (AvgIpc) is 2.13. The first-order chi connectivity index (χ1) is 7.29. The summed E-state index contributed by atoms with van der Waals surface area (Å²) in [5, 5.41) is 0. The highest BCUT2D eigenvalue weighted by molar-refractivity contribution is 5.92. The Morgan fingerprint density at radius 1 is 1.56 bits per heavy atom. The molecule has 1 aromatic rings. The molecular weight excluding hydrogens is 225 g/mol. The van der Waals surface area contributed by atoms with Crippen molar-refractivity contribution < 1.29 is 22.7 Å². The summed E-state index contributed by atoms with van der Waals surface area (Å²) in [5.41, 5.74) is 5.37. The third-order valence-corrected chi connectivity index (χ3v) is 1.69. The molecular formula is C9H9F3N2O2. The van der Waals surface area contributed by atoms with Crippen LogP contribution >= 0.6 is 0 Å². The number of rotatable bonds is 3. The minimum atomic E-state index is -4.41. The molecule has 2 N–H and O–H groups in total. The number of carbonyl (C=O) groups excluding carboxylic acids is 1. The molecule has 1 aromatic heterocycles. The van der Waals surface area contributed by atoms with Gasteiger partial charge in [-0.25, -0.2) is 4.98 Å². The quantitative estimate of drug-likeness (QED) is 0.860. The molecule has 0 spiro atoms. The van der Waals surface area contributed by atoms with Gasteiger partial charge in [0, 0.05) is 0 Å². The van der Waals surface area contributed by atoms with E-state index in [9.17, 15) is 18.0 Å². The molecule has 0 saturated carbocycles. The summed E-state index contributed by atoms with van der Waals surface area (Å²) in [6.45, 7) is 0.109. The first-order valence-electron chi connectivity index (χ1n) is 4.25. The minimum absolute atomic E-state index is 0.0133. The van der Waals surface area contributed by atoms with Crippen molar-refractivity contribution >= 4 is 5.91 Å². The Hall–Kier alpha value is -1.79. The SMILES string of the molecule is Cc1cc(OCC(F)(F)F)cnc1C(N)=O. The number of hydrogen-bond donors (Lipinski definition) is 1. The van der Waals surface area contributed by atoms with Gasteiger partial charge in [-0.2, -0.15) is 13.2 Å². The molecule has 0 unspecified atom stereocenters. The standard InChI is InChI=1S/C9H9F3N2O2/c1-5-2-6(16-4-9(10,11)12)3-14-7(5)8(13)15/h2-3H,4H2,1H3,(H2,13,15). The van der Waals surface area contributed by atoms with E-state index in [1.165, 1.54) is 13.0 Å². The first-order valence-corrected chi connectivity index (χ1v) is 4.25. The van der Waals surface area contributed by atoms with Crippen molar-refractivity contribution in [2.45, 2.75) is 13.1 Å². The number of aryl methyl sites for hydroxylation is 1. The average molecular weight is 234 g/mol. The lowest BCUT2D eigenvalue weighted by molar-refractivity contribution is -0.153. The fraction of sp³-hybridized carbons (Fsp3) is 0.333. The third-order valence-electron chi connectivity index (χ3n) is 1.69. The van der Waals surface area contributed by atoms with E-state index in [0.717, 1.165) is 6.20 Å². The zero-order chi connectivity index (χ0) is 12.3. The van der Waals surface area contributed by atoms with E-state index in [-0.39, 0.29) is 11.4 Å². The Morgan fingerprint density at radius 2 is 2.19 bits per heavy atom. The second-order valence-electron chi connectivity index (χ2n) is 3.10. The first kappa shape index (κ1) is 12.3. The zero-order valence-corrected chi connectivity index (χ0v) is 8.34. The second kappa shape index (κ2) is 4.38. The lowest BCUT2D eigenvalue weighted by Gasteiger charge is -2.09. The van der Waals surface area contributed by atoms with Crippen LogP contribution in [-0.4, -0.2) is 23.7 Å². The zero-order valence-electron chi connectivity index (χ0n) is 8.34. The summed E-state index contributed by atoms with van der Waals surface area (Å²) in [5.74, 6) is -0.792. The van der Waals surface area contributed by atoms with E-state index in [0.29, 0.717) is 5.56 Å². The number of pyridine rings is 1. The molecule has 0 aromatic carbocycles. The molecule has 0 fully saturated rings. The number of nitrogens with two attached hydrogens (primary N) is 1. The monoisotopic (exact) mass is 234 g/mol. The van der Waals surface area contributed by atoms with E-state index < -0.39 is 18.7 Å². The van der Waals surface area contributed by atoms with Gasteiger partial charge >= 0.3 is 6.18 Å². The number of aromatic nitrogens is 1. The number of nitrogens with zero attached hydrogens (tertiary/aromatic N) is 1. The minimum Gasteiger partial charge on any atom is -0.482 e. The highest BCUT2D eigenvalue weighted by Crippen LogP contribution is 2.19. The van der Waals surface area contributed by atoms with Gasteiger partial charge in [-0.15, -0.1) is 0 Å². The molecule has 0 aliphatic heterocycles. The van der Waals surface area contributed by atoms with Crippen LogP contribution in [0.3, 0.4) is 0 Å². The number of hydrogen-bond acceptors (Lipinski definition) is 3. The van der Waals surface area contributed by atoms with Crippen molar-refractivity contribution in [3.8, 4) is 5.75 Å². The summed E-state index contributed by atoms with van der Waals surface area (Å²) in [4.78, 5) is 14.4. The van der Waals surface area contributed by atoms with Crippen molar-refractivity contribution in [1.82, 2.24) is 4.98 Å². The van der Waals surface area contributed by atoms with E-state index in [1.807, 2.05) is 0 Å². The van der Waals surface area contributed by atoms with E-state index in [2.05, 4.69) is 9.72 Å². The Labute approximate surface area is 89.2 Å². The second-order valence-corrected chi connectivity index (χ2v) is 3.10. The van der Waals surface area contributed by atoms with Crippen molar-refractivity contribution in [2.75, 3.05) is 6.61 Å². The molecule has 4 nitrogen and oxygen atoms in total. The van der Waals surface area contributed by atoms with Crippen LogP contribution in [0.2, 0.25) is 0 Å². The number of primary amides is 1. The van der Waals surface area contributed by atoms with Crippen LogP contribution in [-0.2, 0) is 0 Å². The van der Waals surface area contributed by atoms with E-state index in [1.54, 1.807) is 0 Å².